The Morgan fingerprint density at radius 3 is 2.26 bits per heavy atom. The van der Waals surface area contributed by atoms with E-state index in [0.29, 0.717) is 5.69 Å². The van der Waals surface area contributed by atoms with Gasteiger partial charge in [-0.05, 0) is 48.9 Å². The number of rotatable bonds is 4. The van der Waals surface area contributed by atoms with Gasteiger partial charge in [-0.1, -0.05) is 22.0 Å². The largest absolute Gasteiger partial charge is 0.416 e. The van der Waals surface area contributed by atoms with Crippen LogP contribution in [0.3, 0.4) is 0 Å². The maximum atomic E-state index is 12.5. The van der Waals surface area contributed by atoms with Gasteiger partial charge in [-0.3, -0.25) is 4.79 Å². The van der Waals surface area contributed by atoms with Crippen molar-refractivity contribution in [2.24, 2.45) is 0 Å². The molecule has 0 aliphatic rings. The van der Waals surface area contributed by atoms with Crippen molar-refractivity contribution in [3.8, 4) is 0 Å². The van der Waals surface area contributed by atoms with Gasteiger partial charge in [-0.15, -0.1) is 0 Å². The van der Waals surface area contributed by atoms with Gasteiger partial charge in [0.1, 0.15) is 0 Å². The Kier molecular flexibility index (Phi) is 5.30. The molecule has 2 aromatic rings. The van der Waals surface area contributed by atoms with Crippen LogP contribution in [-0.2, 0) is 11.0 Å². The summed E-state index contributed by atoms with van der Waals surface area (Å²) in [4.78, 5) is 11.8. The fraction of sp³-hybridized carbons (Fsp3) is 0.188. The average Bonchev–Trinajstić information content (AvgIpc) is 2.48. The Balaban J connectivity index is 1.90. The highest BCUT2D eigenvalue weighted by Gasteiger charge is 2.29. The minimum Gasteiger partial charge on any atom is -0.376 e. The summed E-state index contributed by atoms with van der Waals surface area (Å²) in [5.74, 6) is -0.346. The van der Waals surface area contributed by atoms with Crippen LogP contribution in [0, 0.1) is 6.92 Å². The molecule has 0 saturated heterocycles. The van der Waals surface area contributed by atoms with Crippen molar-refractivity contribution in [3.05, 3.63) is 58.1 Å². The molecule has 0 heterocycles. The molecule has 0 aliphatic heterocycles. The van der Waals surface area contributed by atoms with Crippen molar-refractivity contribution in [1.29, 1.82) is 0 Å². The number of carbonyl (C=O) groups is 1. The van der Waals surface area contributed by atoms with E-state index in [0.717, 1.165) is 27.9 Å². The number of hydrogen-bond donors (Lipinski definition) is 2. The first kappa shape index (κ1) is 17.3. The average molecular weight is 387 g/mol. The second-order valence-corrected chi connectivity index (χ2v) is 5.80. The summed E-state index contributed by atoms with van der Waals surface area (Å²) < 4.78 is 38.3. The number of amides is 1. The number of nitrogens with one attached hydrogen (secondary N) is 2. The number of halogens is 4. The van der Waals surface area contributed by atoms with Crippen LogP contribution in [-0.4, -0.2) is 12.5 Å². The van der Waals surface area contributed by atoms with E-state index < -0.39 is 11.7 Å². The van der Waals surface area contributed by atoms with E-state index in [1.807, 2.05) is 25.1 Å². The number of alkyl halides is 3. The summed E-state index contributed by atoms with van der Waals surface area (Å²) >= 11 is 3.40. The lowest BCUT2D eigenvalue weighted by Gasteiger charge is -2.10. The molecule has 0 bridgehead atoms. The second kappa shape index (κ2) is 7.04. The van der Waals surface area contributed by atoms with E-state index in [1.54, 1.807) is 0 Å². The van der Waals surface area contributed by atoms with Crippen molar-refractivity contribution >= 4 is 33.2 Å². The lowest BCUT2D eigenvalue weighted by atomic mass is 10.2. The highest BCUT2D eigenvalue weighted by atomic mass is 79.9. The monoisotopic (exact) mass is 386 g/mol. The molecule has 0 saturated carbocycles. The maximum absolute atomic E-state index is 12.5. The van der Waals surface area contributed by atoms with Crippen molar-refractivity contribution in [2.75, 3.05) is 17.2 Å². The van der Waals surface area contributed by atoms with Crippen LogP contribution in [0.5, 0.6) is 0 Å². The molecular formula is C16H14BrF3N2O. The summed E-state index contributed by atoms with van der Waals surface area (Å²) in [6.07, 6.45) is -4.39. The van der Waals surface area contributed by atoms with Crippen LogP contribution in [0.25, 0.3) is 0 Å². The Labute approximate surface area is 140 Å². The van der Waals surface area contributed by atoms with Crippen LogP contribution >= 0.6 is 15.9 Å². The van der Waals surface area contributed by atoms with Gasteiger partial charge in [0.05, 0.1) is 12.1 Å². The van der Waals surface area contributed by atoms with E-state index in [4.69, 9.17) is 0 Å². The first-order valence-corrected chi connectivity index (χ1v) is 7.52. The van der Waals surface area contributed by atoms with Gasteiger partial charge < -0.3 is 10.6 Å². The van der Waals surface area contributed by atoms with Crippen LogP contribution in [0.15, 0.2) is 46.9 Å². The van der Waals surface area contributed by atoms with E-state index in [9.17, 15) is 18.0 Å². The molecule has 3 nitrogen and oxygen atoms in total. The van der Waals surface area contributed by atoms with Crippen LogP contribution in [0.4, 0.5) is 24.5 Å². The van der Waals surface area contributed by atoms with Gasteiger partial charge in [0.15, 0.2) is 0 Å². The third kappa shape index (κ3) is 4.99. The first-order valence-electron chi connectivity index (χ1n) is 6.73. The maximum Gasteiger partial charge on any atom is 0.416 e. The van der Waals surface area contributed by atoms with Crippen molar-refractivity contribution < 1.29 is 18.0 Å². The normalized spacial score (nSPS) is 11.2. The van der Waals surface area contributed by atoms with Gasteiger partial charge in [0.2, 0.25) is 5.91 Å². The standard InChI is InChI=1S/C16H14BrF3N2O/c1-10-2-5-13(8-14(10)17)21-9-15(23)22-12-6-3-11(4-7-12)16(18,19)20/h2-8,21H,9H2,1H3,(H,22,23). The number of benzene rings is 2. The molecule has 2 rings (SSSR count). The molecule has 0 radical (unpaired) electrons. The molecule has 23 heavy (non-hydrogen) atoms. The smallest absolute Gasteiger partial charge is 0.376 e. The minimum absolute atomic E-state index is 0.0104. The molecule has 122 valence electrons. The molecule has 0 atom stereocenters. The van der Waals surface area contributed by atoms with Crippen LogP contribution in [0.2, 0.25) is 0 Å². The fourth-order valence-electron chi connectivity index (χ4n) is 1.83. The zero-order valence-electron chi connectivity index (χ0n) is 12.2. The topological polar surface area (TPSA) is 41.1 Å². The van der Waals surface area contributed by atoms with Gasteiger partial charge >= 0.3 is 6.18 Å². The second-order valence-electron chi connectivity index (χ2n) is 4.94. The predicted octanol–water partition coefficient (Wildman–Crippen LogP) is 4.83. The summed E-state index contributed by atoms with van der Waals surface area (Å²) in [6, 6.07) is 9.90. The minimum atomic E-state index is -4.39. The molecule has 0 aromatic heterocycles. The lowest BCUT2D eigenvalue weighted by molar-refractivity contribution is -0.137. The number of aryl methyl sites for hydroxylation is 1. The van der Waals surface area contributed by atoms with Gasteiger partial charge in [0.25, 0.3) is 0 Å². The van der Waals surface area contributed by atoms with Gasteiger partial charge in [0, 0.05) is 15.8 Å². The first-order chi connectivity index (χ1) is 10.8. The van der Waals surface area contributed by atoms with Crippen molar-refractivity contribution in [2.45, 2.75) is 13.1 Å². The summed E-state index contributed by atoms with van der Waals surface area (Å²) in [6.45, 7) is 1.96. The Bertz CT molecular complexity index is 699. The fourth-order valence-corrected chi connectivity index (χ4v) is 2.21. The van der Waals surface area contributed by atoms with Gasteiger partial charge in [-0.2, -0.15) is 13.2 Å². The molecule has 0 unspecified atom stereocenters. The molecular weight excluding hydrogens is 373 g/mol. The molecule has 0 spiro atoms. The Morgan fingerprint density at radius 1 is 1.09 bits per heavy atom. The third-order valence-electron chi connectivity index (χ3n) is 3.12. The molecule has 0 aliphatic carbocycles. The van der Waals surface area contributed by atoms with Crippen LogP contribution in [0.1, 0.15) is 11.1 Å². The summed E-state index contributed by atoms with van der Waals surface area (Å²) in [5, 5.41) is 5.48. The SMILES string of the molecule is Cc1ccc(NCC(=O)Nc2ccc(C(F)(F)F)cc2)cc1Br. The quantitative estimate of drug-likeness (QED) is 0.790. The van der Waals surface area contributed by atoms with E-state index >= 15 is 0 Å². The van der Waals surface area contributed by atoms with E-state index in [1.165, 1.54) is 12.1 Å². The number of carbonyl (C=O) groups excluding carboxylic acids is 1. The third-order valence-corrected chi connectivity index (χ3v) is 3.98. The van der Waals surface area contributed by atoms with E-state index in [-0.39, 0.29) is 12.5 Å². The zero-order valence-corrected chi connectivity index (χ0v) is 13.8. The molecule has 2 N–H and O–H groups in total. The van der Waals surface area contributed by atoms with Gasteiger partial charge in [-0.25, -0.2) is 0 Å². The number of hydrogen-bond acceptors (Lipinski definition) is 2. The molecule has 0 fully saturated rings. The van der Waals surface area contributed by atoms with Crippen molar-refractivity contribution in [1.82, 2.24) is 0 Å². The summed E-state index contributed by atoms with van der Waals surface area (Å²) in [7, 11) is 0. The molecule has 2 aromatic carbocycles. The number of anilines is 2. The van der Waals surface area contributed by atoms with E-state index in [2.05, 4.69) is 26.6 Å². The molecule has 7 heteroatoms. The Morgan fingerprint density at radius 2 is 1.70 bits per heavy atom. The zero-order chi connectivity index (χ0) is 17.0. The van der Waals surface area contributed by atoms with Crippen LogP contribution < -0.4 is 10.6 Å². The highest BCUT2D eigenvalue weighted by Crippen LogP contribution is 2.29. The lowest BCUT2D eigenvalue weighted by Crippen LogP contribution is -2.21. The summed E-state index contributed by atoms with van der Waals surface area (Å²) in [5.41, 5.74) is 1.41. The Hall–Kier alpha value is -2.02. The van der Waals surface area contributed by atoms with Crippen molar-refractivity contribution in [3.63, 3.8) is 0 Å². The highest BCUT2D eigenvalue weighted by molar-refractivity contribution is 9.10. The predicted molar refractivity (Wildman–Crippen MR) is 87.4 cm³/mol. The molecule has 1 amide bonds.